The van der Waals surface area contributed by atoms with Crippen LogP contribution >= 0.6 is 0 Å². The first-order chi connectivity index (χ1) is 23.3. The van der Waals surface area contributed by atoms with Gasteiger partial charge in [-0.15, -0.1) is 0 Å². The topological polar surface area (TPSA) is 77.6 Å². The molecule has 0 unspecified atom stereocenters. The molecule has 0 amide bonds. The SMILES string of the molecule is c1ccc(-c2cnc3oc4c(-c5ccc6ccccc6c5)nc(-c5ccc(-c6cccc(-c7ccccn7)n6)cc5)nc4c3c2)cc1. The second kappa shape index (κ2) is 11.1. The van der Waals surface area contributed by atoms with Crippen LogP contribution in [0.25, 0.3) is 89.4 Å². The van der Waals surface area contributed by atoms with Crippen LogP contribution in [0.3, 0.4) is 0 Å². The third kappa shape index (κ3) is 4.89. The Labute approximate surface area is 270 Å². The quantitative estimate of drug-likeness (QED) is 0.195. The summed E-state index contributed by atoms with van der Waals surface area (Å²) >= 11 is 0. The molecule has 220 valence electrons. The molecule has 0 saturated heterocycles. The lowest BCUT2D eigenvalue weighted by atomic mass is 10.0. The average molecular weight is 604 g/mol. The van der Waals surface area contributed by atoms with E-state index in [2.05, 4.69) is 65.6 Å². The van der Waals surface area contributed by atoms with Gasteiger partial charge in [-0.1, -0.05) is 103 Å². The molecule has 47 heavy (non-hydrogen) atoms. The lowest BCUT2D eigenvalue weighted by Gasteiger charge is -2.09. The number of furan rings is 1. The molecule has 0 spiro atoms. The van der Waals surface area contributed by atoms with Crippen LogP contribution in [0.2, 0.25) is 0 Å². The van der Waals surface area contributed by atoms with Gasteiger partial charge in [0, 0.05) is 34.6 Å². The maximum absolute atomic E-state index is 6.41. The zero-order chi connectivity index (χ0) is 31.2. The number of aromatic nitrogens is 5. The van der Waals surface area contributed by atoms with Gasteiger partial charge in [0.2, 0.25) is 5.71 Å². The summed E-state index contributed by atoms with van der Waals surface area (Å²) in [5.74, 6) is 0.607. The Balaban J connectivity index is 1.19. The van der Waals surface area contributed by atoms with Crippen molar-refractivity contribution in [2.45, 2.75) is 0 Å². The standard InChI is InChI=1S/C41H25N5O/c1-2-9-26(10-3-1)32-24-33-38-39(47-41(33)43-25-32)37(31-21-16-27-11-4-5-12-30(27)23-31)45-40(46-38)29-19-17-28(18-20-29)34-14-8-15-36(44-34)35-13-6-7-22-42-35/h1-25H. The average Bonchev–Trinajstić information content (AvgIpc) is 3.53. The number of rotatable bonds is 5. The van der Waals surface area contributed by atoms with Crippen molar-refractivity contribution in [3.05, 3.63) is 152 Å². The Bertz CT molecular complexity index is 2560. The second-order valence-electron chi connectivity index (χ2n) is 11.4. The van der Waals surface area contributed by atoms with Crippen LogP contribution < -0.4 is 0 Å². The van der Waals surface area contributed by atoms with Gasteiger partial charge in [-0.2, -0.15) is 0 Å². The van der Waals surface area contributed by atoms with Gasteiger partial charge in [-0.25, -0.2) is 19.9 Å². The van der Waals surface area contributed by atoms with E-state index in [1.54, 1.807) is 6.20 Å². The number of fused-ring (bicyclic) bond motifs is 4. The van der Waals surface area contributed by atoms with Crippen molar-refractivity contribution in [3.63, 3.8) is 0 Å². The number of benzene rings is 4. The van der Waals surface area contributed by atoms with Gasteiger partial charge in [-0.3, -0.25) is 4.98 Å². The number of hydrogen-bond acceptors (Lipinski definition) is 6. The van der Waals surface area contributed by atoms with Gasteiger partial charge in [0.25, 0.3) is 0 Å². The van der Waals surface area contributed by atoms with Gasteiger partial charge in [0.15, 0.2) is 11.4 Å². The molecule has 6 heteroatoms. The first-order valence-corrected chi connectivity index (χ1v) is 15.4. The summed E-state index contributed by atoms with van der Waals surface area (Å²) in [6.45, 7) is 0. The molecule has 0 aliphatic heterocycles. The fraction of sp³-hybridized carbons (Fsp3) is 0. The van der Waals surface area contributed by atoms with Crippen LogP contribution in [-0.4, -0.2) is 24.9 Å². The molecule has 0 N–H and O–H groups in total. The molecule has 9 rings (SSSR count). The first-order valence-electron chi connectivity index (χ1n) is 15.4. The highest BCUT2D eigenvalue weighted by molar-refractivity contribution is 6.07. The van der Waals surface area contributed by atoms with Crippen LogP contribution in [-0.2, 0) is 0 Å². The highest BCUT2D eigenvalue weighted by Gasteiger charge is 2.20. The molecule has 9 aromatic rings. The van der Waals surface area contributed by atoms with Crippen LogP contribution in [0.4, 0.5) is 0 Å². The lowest BCUT2D eigenvalue weighted by Crippen LogP contribution is -1.94. The summed E-state index contributed by atoms with van der Waals surface area (Å²) in [7, 11) is 0. The molecule has 4 aromatic carbocycles. The van der Waals surface area contributed by atoms with E-state index in [4.69, 9.17) is 24.4 Å². The fourth-order valence-electron chi connectivity index (χ4n) is 6.02. The van der Waals surface area contributed by atoms with Crippen LogP contribution in [0, 0.1) is 0 Å². The predicted octanol–water partition coefficient (Wildman–Crippen LogP) is 10.0. The molecule has 0 fully saturated rings. The largest absolute Gasteiger partial charge is 0.434 e. The van der Waals surface area contributed by atoms with E-state index < -0.39 is 0 Å². The Morgan fingerprint density at radius 3 is 2.04 bits per heavy atom. The van der Waals surface area contributed by atoms with Crippen molar-refractivity contribution in [2.75, 3.05) is 0 Å². The number of pyridine rings is 3. The van der Waals surface area contributed by atoms with E-state index >= 15 is 0 Å². The van der Waals surface area contributed by atoms with E-state index in [-0.39, 0.29) is 0 Å². The van der Waals surface area contributed by atoms with Crippen molar-refractivity contribution in [2.24, 2.45) is 0 Å². The zero-order valence-electron chi connectivity index (χ0n) is 25.1. The van der Waals surface area contributed by atoms with Gasteiger partial charge < -0.3 is 4.42 Å². The zero-order valence-corrected chi connectivity index (χ0v) is 25.1. The van der Waals surface area contributed by atoms with E-state index in [0.29, 0.717) is 17.1 Å². The Hall–Kier alpha value is -6.53. The van der Waals surface area contributed by atoms with Crippen LogP contribution in [0.5, 0.6) is 0 Å². The predicted molar refractivity (Wildman–Crippen MR) is 187 cm³/mol. The summed E-state index contributed by atoms with van der Waals surface area (Å²) < 4.78 is 6.41. The highest BCUT2D eigenvalue weighted by Crippen LogP contribution is 2.37. The van der Waals surface area contributed by atoms with Crippen LogP contribution in [0.15, 0.2) is 156 Å². The normalized spacial score (nSPS) is 11.4. The van der Waals surface area contributed by atoms with Gasteiger partial charge in [0.05, 0.1) is 22.5 Å². The fourth-order valence-corrected chi connectivity index (χ4v) is 6.02. The third-order valence-electron chi connectivity index (χ3n) is 8.42. The molecule has 0 atom stereocenters. The third-order valence-corrected chi connectivity index (χ3v) is 8.42. The van der Waals surface area contributed by atoms with Crippen molar-refractivity contribution in [1.29, 1.82) is 0 Å². The van der Waals surface area contributed by atoms with E-state index in [9.17, 15) is 0 Å². The van der Waals surface area contributed by atoms with Crippen molar-refractivity contribution in [1.82, 2.24) is 24.9 Å². The van der Waals surface area contributed by atoms with E-state index in [0.717, 1.165) is 72.3 Å². The molecule has 5 heterocycles. The molecule has 0 aliphatic carbocycles. The van der Waals surface area contributed by atoms with E-state index in [1.165, 1.54) is 0 Å². The summed E-state index contributed by atoms with van der Waals surface area (Å²) in [6, 6.07) is 47.1. The maximum atomic E-state index is 6.41. The smallest absolute Gasteiger partial charge is 0.229 e. The molecule has 0 radical (unpaired) electrons. The molecular weight excluding hydrogens is 578 g/mol. The number of nitrogens with zero attached hydrogens (tertiary/aromatic N) is 5. The second-order valence-corrected chi connectivity index (χ2v) is 11.4. The highest BCUT2D eigenvalue weighted by atomic mass is 16.3. The summed E-state index contributed by atoms with van der Waals surface area (Å²) in [6.07, 6.45) is 3.63. The molecular formula is C41H25N5O. The van der Waals surface area contributed by atoms with Crippen LogP contribution in [0.1, 0.15) is 0 Å². The molecule has 0 bridgehead atoms. The Morgan fingerprint density at radius 1 is 0.447 bits per heavy atom. The van der Waals surface area contributed by atoms with E-state index in [1.807, 2.05) is 85.1 Å². The van der Waals surface area contributed by atoms with Gasteiger partial charge in [0.1, 0.15) is 11.2 Å². The molecule has 6 nitrogen and oxygen atoms in total. The summed E-state index contributed by atoms with van der Waals surface area (Å²) in [5, 5.41) is 3.14. The summed E-state index contributed by atoms with van der Waals surface area (Å²) in [5.41, 5.74) is 10.0. The maximum Gasteiger partial charge on any atom is 0.229 e. The first kappa shape index (κ1) is 26.8. The monoisotopic (exact) mass is 603 g/mol. The minimum absolute atomic E-state index is 0.530. The minimum Gasteiger partial charge on any atom is -0.434 e. The lowest BCUT2D eigenvalue weighted by molar-refractivity contribution is 0.653. The summed E-state index contributed by atoms with van der Waals surface area (Å²) in [4.78, 5) is 24.3. The van der Waals surface area contributed by atoms with Gasteiger partial charge >= 0.3 is 0 Å². The Morgan fingerprint density at radius 2 is 1.19 bits per heavy atom. The van der Waals surface area contributed by atoms with Gasteiger partial charge in [-0.05, 0) is 52.7 Å². The molecule has 0 saturated carbocycles. The van der Waals surface area contributed by atoms with Crippen molar-refractivity contribution in [3.8, 4) is 56.4 Å². The van der Waals surface area contributed by atoms with Crippen molar-refractivity contribution >= 4 is 33.0 Å². The molecule has 0 aliphatic rings. The molecule has 5 aromatic heterocycles. The van der Waals surface area contributed by atoms with Crippen molar-refractivity contribution < 1.29 is 4.42 Å². The number of hydrogen-bond donors (Lipinski definition) is 0. The Kier molecular flexibility index (Phi) is 6.35. The minimum atomic E-state index is 0.530.